The number of ether oxygens (including phenoxy) is 1. The maximum Gasteiger partial charge on any atom is 0.224 e. The summed E-state index contributed by atoms with van der Waals surface area (Å²) < 4.78 is 7.29. The van der Waals surface area contributed by atoms with E-state index in [0.717, 1.165) is 35.5 Å². The Morgan fingerprint density at radius 2 is 2.07 bits per heavy atom. The second-order valence-corrected chi connectivity index (χ2v) is 6.72. The second kappa shape index (κ2) is 8.77. The first-order valence-electron chi connectivity index (χ1n) is 9.24. The van der Waals surface area contributed by atoms with Crippen molar-refractivity contribution in [3.8, 4) is 0 Å². The highest BCUT2D eigenvalue weighted by atomic mass is 16.5. The molecular weight excluding hydrogens is 340 g/mol. The van der Waals surface area contributed by atoms with E-state index in [4.69, 9.17) is 4.74 Å². The lowest BCUT2D eigenvalue weighted by Crippen LogP contribution is -2.13. The van der Waals surface area contributed by atoms with Gasteiger partial charge in [0.05, 0.1) is 6.61 Å². The van der Waals surface area contributed by atoms with Gasteiger partial charge in [0.2, 0.25) is 5.91 Å². The summed E-state index contributed by atoms with van der Waals surface area (Å²) in [5.41, 5.74) is 4.98. The Morgan fingerprint density at radius 1 is 1.22 bits per heavy atom. The predicted molar refractivity (Wildman–Crippen MR) is 107 cm³/mol. The molecule has 1 amide bonds. The number of fused-ring (bicyclic) bond motifs is 1. The average Bonchev–Trinajstić information content (AvgIpc) is 3.00. The quantitative estimate of drug-likeness (QED) is 0.661. The topological polar surface area (TPSA) is 69.0 Å². The Kier molecular flexibility index (Phi) is 6.19. The third-order valence-electron chi connectivity index (χ3n) is 4.70. The lowest BCUT2D eigenvalue weighted by atomic mass is 10.1. The minimum absolute atomic E-state index is 0.0240. The van der Waals surface area contributed by atoms with Gasteiger partial charge in [-0.15, -0.1) is 0 Å². The number of carbonyl (C=O) groups is 1. The number of anilines is 1. The Balaban J connectivity index is 1.61. The number of nitrogens with one attached hydrogen (secondary N) is 1. The van der Waals surface area contributed by atoms with Crippen LogP contribution in [0.25, 0.3) is 11.2 Å². The molecule has 6 nitrogen and oxygen atoms in total. The van der Waals surface area contributed by atoms with Gasteiger partial charge in [-0.25, -0.2) is 9.97 Å². The molecule has 3 rings (SSSR count). The first-order valence-corrected chi connectivity index (χ1v) is 9.24. The number of rotatable bonds is 8. The van der Waals surface area contributed by atoms with E-state index >= 15 is 0 Å². The summed E-state index contributed by atoms with van der Waals surface area (Å²) in [7, 11) is 1.68. The molecule has 0 aliphatic rings. The molecule has 0 bridgehead atoms. The van der Waals surface area contributed by atoms with Crippen molar-refractivity contribution in [2.45, 2.75) is 39.7 Å². The highest BCUT2D eigenvalue weighted by Gasteiger charge is 2.12. The molecule has 0 atom stereocenters. The summed E-state index contributed by atoms with van der Waals surface area (Å²) in [6, 6.07) is 9.81. The lowest BCUT2D eigenvalue weighted by molar-refractivity contribution is -0.116. The van der Waals surface area contributed by atoms with Crippen molar-refractivity contribution >= 4 is 22.8 Å². The van der Waals surface area contributed by atoms with E-state index in [1.165, 1.54) is 11.1 Å². The van der Waals surface area contributed by atoms with Crippen LogP contribution in [0.1, 0.15) is 29.8 Å². The van der Waals surface area contributed by atoms with Crippen LogP contribution in [0.5, 0.6) is 0 Å². The zero-order valence-electron chi connectivity index (χ0n) is 16.2. The molecule has 0 radical (unpaired) electrons. The van der Waals surface area contributed by atoms with Crippen LogP contribution in [0.4, 0.5) is 5.69 Å². The van der Waals surface area contributed by atoms with Crippen LogP contribution in [-0.4, -0.2) is 34.2 Å². The first-order chi connectivity index (χ1) is 13.1. The third-order valence-corrected chi connectivity index (χ3v) is 4.70. The van der Waals surface area contributed by atoms with Crippen molar-refractivity contribution in [1.82, 2.24) is 14.5 Å². The van der Waals surface area contributed by atoms with Gasteiger partial charge in [0, 0.05) is 38.4 Å². The largest absolute Gasteiger partial charge is 0.383 e. The number of amides is 1. The monoisotopic (exact) mass is 366 g/mol. The van der Waals surface area contributed by atoms with E-state index in [1.54, 1.807) is 13.3 Å². The molecule has 3 aromatic rings. The van der Waals surface area contributed by atoms with Crippen LogP contribution in [0, 0.1) is 13.8 Å². The molecule has 1 N–H and O–H groups in total. The van der Waals surface area contributed by atoms with Gasteiger partial charge in [-0.3, -0.25) is 4.79 Å². The van der Waals surface area contributed by atoms with Crippen molar-refractivity contribution < 1.29 is 9.53 Å². The zero-order valence-corrected chi connectivity index (χ0v) is 16.2. The molecule has 2 aromatic heterocycles. The van der Waals surface area contributed by atoms with Crippen LogP contribution in [0.3, 0.4) is 0 Å². The van der Waals surface area contributed by atoms with E-state index in [-0.39, 0.29) is 5.91 Å². The Morgan fingerprint density at radius 3 is 2.85 bits per heavy atom. The fraction of sp³-hybridized carbons (Fsp3) is 0.381. The van der Waals surface area contributed by atoms with Crippen LogP contribution in [0.2, 0.25) is 0 Å². The van der Waals surface area contributed by atoms with Gasteiger partial charge in [0.25, 0.3) is 0 Å². The summed E-state index contributed by atoms with van der Waals surface area (Å²) in [6.45, 7) is 5.41. The SMILES string of the molecule is COCCn1c(CCCC(=O)Nc2ccc(C)c(C)c2)nc2cccnc21. The maximum atomic E-state index is 12.3. The summed E-state index contributed by atoms with van der Waals surface area (Å²) in [5, 5.41) is 2.97. The van der Waals surface area contributed by atoms with Gasteiger partial charge in [0.15, 0.2) is 5.65 Å². The molecule has 0 fully saturated rings. The number of pyridine rings is 1. The number of hydrogen-bond acceptors (Lipinski definition) is 4. The summed E-state index contributed by atoms with van der Waals surface area (Å²) >= 11 is 0. The molecule has 27 heavy (non-hydrogen) atoms. The second-order valence-electron chi connectivity index (χ2n) is 6.72. The Hall–Kier alpha value is -2.73. The minimum Gasteiger partial charge on any atom is -0.383 e. The number of benzene rings is 1. The Labute approximate surface area is 159 Å². The summed E-state index contributed by atoms with van der Waals surface area (Å²) in [5.74, 6) is 0.968. The van der Waals surface area contributed by atoms with Gasteiger partial charge >= 0.3 is 0 Å². The molecule has 0 aliphatic carbocycles. The average molecular weight is 366 g/mol. The van der Waals surface area contributed by atoms with E-state index in [9.17, 15) is 4.79 Å². The molecule has 2 heterocycles. The van der Waals surface area contributed by atoms with E-state index in [2.05, 4.69) is 26.8 Å². The number of imidazole rings is 1. The van der Waals surface area contributed by atoms with Crippen LogP contribution in [0.15, 0.2) is 36.5 Å². The highest BCUT2D eigenvalue weighted by molar-refractivity contribution is 5.90. The van der Waals surface area contributed by atoms with Crippen LogP contribution >= 0.6 is 0 Å². The van der Waals surface area contributed by atoms with Gasteiger partial charge in [-0.05, 0) is 55.7 Å². The molecule has 1 aromatic carbocycles. The molecule has 6 heteroatoms. The number of carbonyl (C=O) groups excluding carboxylic acids is 1. The standard InChI is InChI=1S/C21H26N4O2/c1-15-9-10-17(14-16(15)2)23-20(26)8-4-7-19-24-18-6-5-11-22-21(18)25(19)12-13-27-3/h5-6,9-11,14H,4,7-8,12-13H2,1-3H3,(H,23,26). The molecule has 0 aliphatic heterocycles. The van der Waals surface area contributed by atoms with Crippen molar-refractivity contribution in [3.05, 3.63) is 53.5 Å². The van der Waals surface area contributed by atoms with Gasteiger partial charge in [-0.2, -0.15) is 0 Å². The number of hydrogen-bond donors (Lipinski definition) is 1. The number of nitrogens with zero attached hydrogens (tertiary/aromatic N) is 3. The maximum absolute atomic E-state index is 12.3. The third kappa shape index (κ3) is 4.71. The summed E-state index contributed by atoms with van der Waals surface area (Å²) in [4.78, 5) is 21.4. The Bertz CT molecular complexity index is 933. The first kappa shape index (κ1) is 19.0. The predicted octanol–water partition coefficient (Wildman–Crippen LogP) is 3.66. The fourth-order valence-corrected chi connectivity index (χ4v) is 3.06. The summed E-state index contributed by atoms with van der Waals surface area (Å²) in [6.07, 6.45) is 3.68. The fourth-order valence-electron chi connectivity index (χ4n) is 3.06. The molecule has 0 unspecified atom stereocenters. The molecule has 0 saturated heterocycles. The van der Waals surface area contributed by atoms with Gasteiger partial charge < -0.3 is 14.6 Å². The molecular formula is C21H26N4O2. The van der Waals surface area contributed by atoms with Gasteiger partial charge in [0.1, 0.15) is 11.3 Å². The van der Waals surface area contributed by atoms with Gasteiger partial charge in [-0.1, -0.05) is 6.07 Å². The highest BCUT2D eigenvalue weighted by Crippen LogP contribution is 2.17. The molecule has 0 saturated carbocycles. The molecule has 142 valence electrons. The van der Waals surface area contributed by atoms with Crippen molar-refractivity contribution in [2.24, 2.45) is 0 Å². The van der Waals surface area contributed by atoms with Crippen molar-refractivity contribution in [3.63, 3.8) is 0 Å². The number of aromatic nitrogens is 3. The van der Waals surface area contributed by atoms with Crippen molar-refractivity contribution in [2.75, 3.05) is 19.0 Å². The zero-order chi connectivity index (χ0) is 19.2. The normalized spacial score (nSPS) is 11.1. The number of methoxy groups -OCH3 is 1. The minimum atomic E-state index is 0.0240. The number of aryl methyl sites for hydroxylation is 3. The van der Waals surface area contributed by atoms with Crippen LogP contribution in [-0.2, 0) is 22.5 Å². The lowest BCUT2D eigenvalue weighted by Gasteiger charge is -2.09. The van der Waals surface area contributed by atoms with Crippen molar-refractivity contribution in [1.29, 1.82) is 0 Å². The van der Waals surface area contributed by atoms with E-state index < -0.39 is 0 Å². The van der Waals surface area contributed by atoms with E-state index in [0.29, 0.717) is 19.6 Å². The van der Waals surface area contributed by atoms with Crippen LogP contribution < -0.4 is 5.32 Å². The van der Waals surface area contributed by atoms with E-state index in [1.807, 2.05) is 37.3 Å². The smallest absolute Gasteiger partial charge is 0.224 e. The molecule has 0 spiro atoms.